The summed E-state index contributed by atoms with van der Waals surface area (Å²) in [6.45, 7) is 3.02. The second-order valence-electron chi connectivity index (χ2n) is 6.24. The van der Waals surface area contributed by atoms with Crippen molar-refractivity contribution in [3.05, 3.63) is 47.8 Å². The minimum Gasteiger partial charge on any atom is -0.366 e. The molecule has 1 amide bonds. The van der Waals surface area contributed by atoms with E-state index >= 15 is 0 Å². The lowest BCUT2D eigenvalue weighted by Crippen LogP contribution is -2.30. The van der Waals surface area contributed by atoms with Crippen molar-refractivity contribution in [3.8, 4) is 12.3 Å². The molecule has 3 heterocycles. The molecule has 0 unspecified atom stereocenters. The first-order chi connectivity index (χ1) is 12.8. The fourth-order valence-corrected chi connectivity index (χ4v) is 2.93. The number of anilines is 2. The zero-order valence-electron chi connectivity index (χ0n) is 14.7. The number of aromatic nitrogens is 2. The number of pyridine rings is 2. The maximum Gasteiger partial charge on any atom is 0.253 e. The predicted octanol–water partition coefficient (Wildman–Crippen LogP) is 2.44. The standard InChI is InChI=1S/C20H23N5O/c1-2-9-22-20(26)17-6-7-18(24-15-17)23-14-16-8-10-21-19(13-16)25-11-4-3-5-12-25/h1,6-8,10,13,15H,3-5,9,11-12,14H2,(H,22,26)(H,23,24). The molecular formula is C20H23N5O. The average Bonchev–Trinajstić information content (AvgIpc) is 2.72. The zero-order chi connectivity index (χ0) is 18.2. The Morgan fingerprint density at radius 3 is 2.77 bits per heavy atom. The highest BCUT2D eigenvalue weighted by Gasteiger charge is 2.12. The summed E-state index contributed by atoms with van der Waals surface area (Å²) < 4.78 is 0. The predicted molar refractivity (Wildman–Crippen MR) is 103 cm³/mol. The molecule has 134 valence electrons. The highest BCUT2D eigenvalue weighted by atomic mass is 16.1. The number of rotatable bonds is 6. The molecule has 0 saturated carbocycles. The number of nitrogens with zero attached hydrogens (tertiary/aromatic N) is 3. The molecule has 1 aliphatic rings. The Morgan fingerprint density at radius 1 is 1.19 bits per heavy atom. The SMILES string of the molecule is C#CCNC(=O)c1ccc(NCc2ccnc(N3CCCCC3)c2)nc1. The van der Waals surface area contributed by atoms with Crippen molar-refractivity contribution in [2.45, 2.75) is 25.8 Å². The lowest BCUT2D eigenvalue weighted by atomic mass is 10.1. The molecule has 2 N–H and O–H groups in total. The molecule has 26 heavy (non-hydrogen) atoms. The van der Waals surface area contributed by atoms with E-state index in [0.29, 0.717) is 12.1 Å². The summed E-state index contributed by atoms with van der Waals surface area (Å²) in [4.78, 5) is 22.9. The number of carbonyl (C=O) groups is 1. The van der Waals surface area contributed by atoms with Gasteiger partial charge in [0.2, 0.25) is 0 Å². The van der Waals surface area contributed by atoms with Crippen LogP contribution >= 0.6 is 0 Å². The molecule has 6 nitrogen and oxygen atoms in total. The number of hydrogen-bond donors (Lipinski definition) is 2. The summed E-state index contributed by atoms with van der Waals surface area (Å²) >= 11 is 0. The third-order valence-electron chi connectivity index (χ3n) is 4.34. The smallest absolute Gasteiger partial charge is 0.253 e. The van der Waals surface area contributed by atoms with Gasteiger partial charge in [-0.2, -0.15) is 0 Å². The first-order valence-corrected chi connectivity index (χ1v) is 8.88. The maximum absolute atomic E-state index is 11.8. The molecular weight excluding hydrogens is 326 g/mol. The summed E-state index contributed by atoms with van der Waals surface area (Å²) in [5.41, 5.74) is 1.64. The molecule has 2 aromatic heterocycles. The lowest BCUT2D eigenvalue weighted by molar-refractivity contribution is 0.0958. The van der Waals surface area contributed by atoms with Crippen molar-refractivity contribution in [3.63, 3.8) is 0 Å². The molecule has 2 aromatic rings. The molecule has 0 spiro atoms. The van der Waals surface area contributed by atoms with Gasteiger partial charge >= 0.3 is 0 Å². The zero-order valence-corrected chi connectivity index (χ0v) is 14.7. The molecule has 1 saturated heterocycles. The van der Waals surface area contributed by atoms with Crippen molar-refractivity contribution < 1.29 is 4.79 Å². The van der Waals surface area contributed by atoms with Gasteiger partial charge in [-0.3, -0.25) is 4.79 Å². The first-order valence-electron chi connectivity index (χ1n) is 8.88. The summed E-state index contributed by atoms with van der Waals surface area (Å²) in [6.07, 6.45) is 12.3. The van der Waals surface area contributed by atoms with Crippen molar-refractivity contribution in [1.29, 1.82) is 0 Å². The number of carbonyl (C=O) groups excluding carboxylic acids is 1. The number of amides is 1. The van der Waals surface area contributed by atoms with Crippen LogP contribution < -0.4 is 15.5 Å². The van der Waals surface area contributed by atoms with Gasteiger partial charge in [-0.25, -0.2) is 9.97 Å². The van der Waals surface area contributed by atoms with Crippen molar-refractivity contribution >= 4 is 17.5 Å². The van der Waals surface area contributed by atoms with Crippen molar-refractivity contribution in [2.24, 2.45) is 0 Å². The molecule has 0 aliphatic carbocycles. The quantitative estimate of drug-likeness (QED) is 0.784. The summed E-state index contributed by atoms with van der Waals surface area (Å²) in [6, 6.07) is 7.65. The third-order valence-corrected chi connectivity index (χ3v) is 4.34. The second kappa shape index (κ2) is 8.86. The number of piperidine rings is 1. The molecule has 0 atom stereocenters. The van der Waals surface area contributed by atoms with E-state index in [1.54, 1.807) is 18.3 Å². The summed E-state index contributed by atoms with van der Waals surface area (Å²) in [5, 5.41) is 5.90. The van der Waals surface area contributed by atoms with Gasteiger partial charge < -0.3 is 15.5 Å². The number of terminal acetylenes is 1. The van der Waals surface area contributed by atoms with E-state index in [4.69, 9.17) is 6.42 Å². The monoisotopic (exact) mass is 349 g/mol. The van der Waals surface area contributed by atoms with E-state index in [0.717, 1.165) is 30.3 Å². The van der Waals surface area contributed by atoms with Crippen molar-refractivity contribution in [1.82, 2.24) is 15.3 Å². The van der Waals surface area contributed by atoms with Gasteiger partial charge in [-0.05, 0) is 49.1 Å². The Bertz CT molecular complexity index is 776. The molecule has 3 rings (SSSR count). The van der Waals surface area contributed by atoms with E-state index in [9.17, 15) is 4.79 Å². The average molecular weight is 349 g/mol. The van der Waals surface area contributed by atoms with Crippen LogP contribution in [0.3, 0.4) is 0 Å². The van der Waals surface area contributed by atoms with Gasteiger partial charge in [0, 0.05) is 32.0 Å². The fourth-order valence-electron chi connectivity index (χ4n) is 2.93. The van der Waals surface area contributed by atoms with Gasteiger partial charge in [0.15, 0.2) is 0 Å². The maximum atomic E-state index is 11.8. The largest absolute Gasteiger partial charge is 0.366 e. The molecule has 0 radical (unpaired) electrons. The van der Waals surface area contributed by atoms with Crippen LogP contribution in [0.2, 0.25) is 0 Å². The van der Waals surface area contributed by atoms with Crippen LogP contribution in [-0.2, 0) is 6.54 Å². The third kappa shape index (κ3) is 4.73. The van der Waals surface area contributed by atoms with E-state index in [2.05, 4.69) is 37.5 Å². The van der Waals surface area contributed by atoms with E-state index in [-0.39, 0.29) is 12.5 Å². The molecule has 1 aliphatic heterocycles. The van der Waals surface area contributed by atoms with Crippen LogP contribution in [0.25, 0.3) is 0 Å². The molecule has 1 fully saturated rings. The minimum absolute atomic E-state index is 0.209. The molecule has 6 heteroatoms. The van der Waals surface area contributed by atoms with E-state index in [1.807, 2.05) is 12.3 Å². The van der Waals surface area contributed by atoms with Crippen LogP contribution in [0.5, 0.6) is 0 Å². The van der Waals surface area contributed by atoms with Crippen LogP contribution in [0, 0.1) is 12.3 Å². The van der Waals surface area contributed by atoms with Crippen molar-refractivity contribution in [2.75, 3.05) is 29.9 Å². The Kier molecular flexibility index (Phi) is 6.05. The van der Waals surface area contributed by atoms with E-state index < -0.39 is 0 Å². The van der Waals surface area contributed by atoms with Crippen LogP contribution in [-0.4, -0.2) is 35.5 Å². The van der Waals surface area contributed by atoms with Crippen LogP contribution in [0.1, 0.15) is 35.2 Å². The lowest BCUT2D eigenvalue weighted by Gasteiger charge is -2.27. The minimum atomic E-state index is -0.220. The Hall–Kier alpha value is -3.07. The first kappa shape index (κ1) is 17.7. The fraction of sp³-hybridized carbons (Fsp3) is 0.350. The van der Waals surface area contributed by atoms with Crippen LogP contribution in [0.15, 0.2) is 36.7 Å². The Balaban J connectivity index is 1.57. The molecule has 0 bridgehead atoms. The molecule has 0 aromatic carbocycles. The topological polar surface area (TPSA) is 70.2 Å². The normalized spacial score (nSPS) is 13.7. The highest BCUT2D eigenvalue weighted by molar-refractivity contribution is 5.94. The van der Waals surface area contributed by atoms with E-state index in [1.165, 1.54) is 19.3 Å². The Morgan fingerprint density at radius 2 is 2.04 bits per heavy atom. The number of hydrogen-bond acceptors (Lipinski definition) is 5. The van der Waals surface area contributed by atoms with Gasteiger partial charge in [-0.15, -0.1) is 6.42 Å². The van der Waals surface area contributed by atoms with Gasteiger partial charge in [0.25, 0.3) is 5.91 Å². The van der Waals surface area contributed by atoms with Gasteiger partial charge in [-0.1, -0.05) is 5.92 Å². The van der Waals surface area contributed by atoms with Crippen LogP contribution in [0.4, 0.5) is 11.6 Å². The summed E-state index contributed by atoms with van der Waals surface area (Å²) in [7, 11) is 0. The highest BCUT2D eigenvalue weighted by Crippen LogP contribution is 2.18. The Labute approximate surface area is 154 Å². The summed E-state index contributed by atoms with van der Waals surface area (Å²) in [5.74, 6) is 3.91. The second-order valence-corrected chi connectivity index (χ2v) is 6.24. The number of nitrogens with one attached hydrogen (secondary N) is 2. The van der Waals surface area contributed by atoms with Gasteiger partial charge in [0.1, 0.15) is 11.6 Å². The van der Waals surface area contributed by atoms with Gasteiger partial charge in [0.05, 0.1) is 12.1 Å².